The van der Waals surface area contributed by atoms with Crippen LogP contribution in [0.2, 0.25) is 0 Å². The van der Waals surface area contributed by atoms with Crippen molar-refractivity contribution in [3.8, 4) is 11.5 Å². The Morgan fingerprint density at radius 1 is 1.19 bits per heavy atom. The van der Waals surface area contributed by atoms with E-state index in [1.54, 1.807) is 26.3 Å². The predicted octanol–water partition coefficient (Wildman–Crippen LogP) is 3.10. The topological polar surface area (TPSA) is 85.4 Å². The monoisotopic (exact) mass is 444 g/mol. The summed E-state index contributed by atoms with van der Waals surface area (Å²) < 4.78 is 28.4. The molecule has 1 atom stereocenters. The van der Waals surface area contributed by atoms with E-state index >= 15 is 0 Å². The summed E-state index contributed by atoms with van der Waals surface area (Å²) in [6.45, 7) is 0.715. The molecule has 9 heteroatoms. The van der Waals surface area contributed by atoms with Gasteiger partial charge >= 0.3 is 0 Å². The summed E-state index contributed by atoms with van der Waals surface area (Å²) in [4.78, 5) is 12.2. The Bertz CT molecular complexity index is 985. The molecule has 0 aliphatic heterocycles. The molecular formula is C22H25FN4O3S. The number of carbonyl (C=O) groups is 1. The maximum absolute atomic E-state index is 13.3. The first-order valence-corrected chi connectivity index (χ1v) is 10.7. The Hall–Kier alpha value is -3.04. The molecule has 0 aliphatic rings. The maximum Gasteiger partial charge on any atom is 0.236 e. The molecule has 0 spiro atoms. The van der Waals surface area contributed by atoms with Gasteiger partial charge in [0.15, 0.2) is 11.5 Å². The summed E-state index contributed by atoms with van der Waals surface area (Å²) in [5.74, 6) is 0.790. The molecule has 0 fully saturated rings. The number of ether oxygens (including phenoxy) is 2. The Balaban J connectivity index is 1.60. The first-order chi connectivity index (χ1) is 15.1. The van der Waals surface area contributed by atoms with Crippen molar-refractivity contribution in [2.45, 2.75) is 32.0 Å². The number of hydrogen-bond acceptors (Lipinski definition) is 7. The minimum absolute atomic E-state index is 0.0785. The second kappa shape index (κ2) is 11.4. The maximum atomic E-state index is 13.3. The van der Waals surface area contributed by atoms with Gasteiger partial charge in [-0.25, -0.2) is 4.39 Å². The van der Waals surface area contributed by atoms with Crippen molar-refractivity contribution in [2.75, 3.05) is 14.2 Å². The lowest BCUT2D eigenvalue weighted by Crippen LogP contribution is -2.42. The molecule has 0 radical (unpaired) electrons. The fourth-order valence-corrected chi connectivity index (χ4v) is 3.53. The number of methoxy groups -OCH3 is 1. The van der Waals surface area contributed by atoms with E-state index < -0.39 is 0 Å². The lowest BCUT2D eigenvalue weighted by Gasteiger charge is -2.17. The Kier molecular flexibility index (Phi) is 8.31. The van der Waals surface area contributed by atoms with Crippen molar-refractivity contribution >= 4 is 17.4 Å². The fraction of sp³-hybridized carbons (Fsp3) is 0.318. The normalized spacial score (nSPS) is 11.7. The Labute approximate surface area is 184 Å². The van der Waals surface area contributed by atoms with Crippen LogP contribution in [-0.2, 0) is 24.4 Å². The lowest BCUT2D eigenvalue weighted by molar-refractivity contribution is -0.122. The standard InChI is InChI=1S/C22H25FN4O3S/c1-24-22(28)19(25-12-18-14-31-27-26-18)8-6-15-7-9-20(21(11-15)29-2)30-13-16-4-3-5-17(23)10-16/h3-5,7,9-11,14,19,25H,6,8,12-13H2,1-2H3,(H,24,28). The number of aromatic nitrogens is 2. The highest BCUT2D eigenvalue weighted by Crippen LogP contribution is 2.29. The van der Waals surface area contributed by atoms with Crippen LogP contribution in [0, 0.1) is 5.82 Å². The third kappa shape index (κ3) is 6.73. The first-order valence-electron chi connectivity index (χ1n) is 9.84. The van der Waals surface area contributed by atoms with Crippen LogP contribution >= 0.6 is 11.5 Å². The zero-order valence-electron chi connectivity index (χ0n) is 17.4. The minimum atomic E-state index is -0.360. The van der Waals surface area contributed by atoms with Gasteiger partial charge in [-0.05, 0) is 59.8 Å². The number of likely N-dealkylation sites (N-methyl/N-ethyl adjacent to an activating group) is 1. The molecule has 31 heavy (non-hydrogen) atoms. The number of halogens is 1. The second-order valence-corrected chi connectivity index (χ2v) is 7.50. The summed E-state index contributed by atoms with van der Waals surface area (Å²) in [6, 6.07) is 11.6. The van der Waals surface area contributed by atoms with Gasteiger partial charge in [0.2, 0.25) is 5.91 Å². The van der Waals surface area contributed by atoms with Gasteiger partial charge in [-0.2, -0.15) is 0 Å². The number of amides is 1. The van der Waals surface area contributed by atoms with Crippen molar-refractivity contribution in [3.63, 3.8) is 0 Å². The Morgan fingerprint density at radius 3 is 2.77 bits per heavy atom. The van der Waals surface area contributed by atoms with Crippen LogP contribution in [0.1, 0.15) is 23.2 Å². The van der Waals surface area contributed by atoms with Gasteiger partial charge in [0.1, 0.15) is 12.4 Å². The zero-order valence-corrected chi connectivity index (χ0v) is 18.2. The molecule has 0 aliphatic carbocycles. The van der Waals surface area contributed by atoms with Crippen molar-refractivity contribution in [3.05, 3.63) is 70.5 Å². The van der Waals surface area contributed by atoms with Gasteiger partial charge in [-0.1, -0.05) is 22.7 Å². The highest BCUT2D eigenvalue weighted by molar-refractivity contribution is 7.03. The van der Waals surface area contributed by atoms with Crippen LogP contribution < -0.4 is 20.1 Å². The molecule has 1 aromatic heterocycles. The molecule has 0 saturated carbocycles. The second-order valence-electron chi connectivity index (χ2n) is 6.89. The number of nitrogens with zero attached hydrogens (tertiary/aromatic N) is 2. The average Bonchev–Trinajstić information content (AvgIpc) is 3.31. The molecule has 2 aromatic carbocycles. The van der Waals surface area contributed by atoms with E-state index in [4.69, 9.17) is 9.47 Å². The predicted molar refractivity (Wildman–Crippen MR) is 117 cm³/mol. The van der Waals surface area contributed by atoms with E-state index in [1.807, 2.05) is 23.6 Å². The van der Waals surface area contributed by atoms with E-state index in [2.05, 4.69) is 20.2 Å². The third-order valence-corrected chi connectivity index (χ3v) is 5.28. The van der Waals surface area contributed by atoms with Gasteiger partial charge in [-0.3, -0.25) is 4.79 Å². The van der Waals surface area contributed by atoms with E-state index in [-0.39, 0.29) is 24.4 Å². The van der Waals surface area contributed by atoms with E-state index in [1.165, 1.54) is 23.7 Å². The van der Waals surface area contributed by atoms with Gasteiger partial charge in [0, 0.05) is 19.0 Å². The molecule has 164 valence electrons. The summed E-state index contributed by atoms with van der Waals surface area (Å²) in [5, 5.41) is 11.8. The van der Waals surface area contributed by atoms with Crippen LogP contribution in [0.5, 0.6) is 11.5 Å². The quantitative estimate of drug-likeness (QED) is 0.473. The molecule has 1 heterocycles. The van der Waals surface area contributed by atoms with Crippen LogP contribution in [0.15, 0.2) is 47.8 Å². The molecule has 1 amide bonds. The minimum Gasteiger partial charge on any atom is -0.493 e. The molecule has 0 bridgehead atoms. The Morgan fingerprint density at radius 2 is 2.06 bits per heavy atom. The summed E-state index contributed by atoms with van der Waals surface area (Å²) in [6.07, 6.45) is 1.27. The number of rotatable bonds is 11. The van der Waals surface area contributed by atoms with Crippen LogP contribution in [0.3, 0.4) is 0 Å². The van der Waals surface area contributed by atoms with Gasteiger partial charge < -0.3 is 20.1 Å². The number of nitrogens with one attached hydrogen (secondary N) is 2. The highest BCUT2D eigenvalue weighted by atomic mass is 32.1. The summed E-state index contributed by atoms with van der Waals surface area (Å²) >= 11 is 1.28. The van der Waals surface area contributed by atoms with Crippen molar-refractivity contribution in [2.24, 2.45) is 0 Å². The molecule has 3 rings (SSSR count). The molecule has 1 unspecified atom stereocenters. The number of hydrogen-bond donors (Lipinski definition) is 2. The van der Waals surface area contributed by atoms with Crippen LogP contribution in [0.4, 0.5) is 4.39 Å². The number of carbonyl (C=O) groups excluding carboxylic acids is 1. The third-order valence-electron chi connectivity index (χ3n) is 4.73. The van der Waals surface area contributed by atoms with Gasteiger partial charge in [0.25, 0.3) is 0 Å². The van der Waals surface area contributed by atoms with Crippen LogP contribution in [-0.4, -0.2) is 35.7 Å². The fourth-order valence-electron chi connectivity index (χ4n) is 3.07. The number of benzene rings is 2. The van der Waals surface area contributed by atoms with E-state index in [0.717, 1.165) is 16.8 Å². The molecule has 0 saturated heterocycles. The smallest absolute Gasteiger partial charge is 0.236 e. The van der Waals surface area contributed by atoms with Crippen molar-refractivity contribution < 1.29 is 18.7 Å². The van der Waals surface area contributed by atoms with E-state index in [0.29, 0.717) is 30.9 Å². The molecule has 3 aromatic rings. The van der Waals surface area contributed by atoms with Crippen molar-refractivity contribution in [1.82, 2.24) is 20.2 Å². The lowest BCUT2D eigenvalue weighted by atomic mass is 10.0. The van der Waals surface area contributed by atoms with Gasteiger partial charge in [-0.15, -0.1) is 5.10 Å². The SMILES string of the molecule is CNC(=O)C(CCc1ccc(OCc2cccc(F)c2)c(OC)c1)NCc1csnn1. The highest BCUT2D eigenvalue weighted by Gasteiger charge is 2.17. The molecule has 2 N–H and O–H groups in total. The summed E-state index contributed by atoms with van der Waals surface area (Å²) in [7, 11) is 3.19. The van der Waals surface area contributed by atoms with Gasteiger partial charge in [0.05, 0.1) is 18.8 Å². The number of aryl methyl sites for hydroxylation is 1. The van der Waals surface area contributed by atoms with Crippen molar-refractivity contribution in [1.29, 1.82) is 0 Å². The average molecular weight is 445 g/mol. The molecular weight excluding hydrogens is 419 g/mol. The first kappa shape index (κ1) is 22.6. The zero-order chi connectivity index (χ0) is 22.1. The summed E-state index contributed by atoms with van der Waals surface area (Å²) in [5.41, 5.74) is 2.56. The van der Waals surface area contributed by atoms with E-state index in [9.17, 15) is 9.18 Å². The largest absolute Gasteiger partial charge is 0.493 e. The van der Waals surface area contributed by atoms with Crippen LogP contribution in [0.25, 0.3) is 0 Å². The molecule has 7 nitrogen and oxygen atoms in total.